The smallest absolute Gasteiger partial charge is 0.201 e. The van der Waals surface area contributed by atoms with E-state index in [0.717, 1.165) is 5.56 Å². The van der Waals surface area contributed by atoms with Gasteiger partial charge in [0.15, 0.2) is 5.78 Å². The molecule has 0 spiro atoms. The largest absolute Gasteiger partial charge is 0.497 e. The summed E-state index contributed by atoms with van der Waals surface area (Å²) >= 11 is 0. The van der Waals surface area contributed by atoms with E-state index in [0.29, 0.717) is 23.7 Å². The molecule has 0 heterocycles. The van der Waals surface area contributed by atoms with Crippen LogP contribution in [-0.2, 0) is 20.8 Å². The number of rotatable bonds is 9. The van der Waals surface area contributed by atoms with E-state index in [4.69, 9.17) is 18.9 Å². The van der Waals surface area contributed by atoms with Crippen LogP contribution in [0.2, 0.25) is 0 Å². The summed E-state index contributed by atoms with van der Waals surface area (Å²) in [4.78, 5) is 12.6. The summed E-state index contributed by atoms with van der Waals surface area (Å²) in [6.07, 6.45) is 8.88. The normalized spacial score (nSPS) is 20.8. The molecule has 1 aliphatic rings. The van der Waals surface area contributed by atoms with Gasteiger partial charge in [0.1, 0.15) is 11.5 Å². The van der Waals surface area contributed by atoms with E-state index in [1.807, 2.05) is 42.5 Å². The van der Waals surface area contributed by atoms with Crippen LogP contribution in [0.15, 0.2) is 90.7 Å². The third-order valence-electron chi connectivity index (χ3n) is 4.97. The van der Waals surface area contributed by atoms with Gasteiger partial charge in [-0.25, -0.2) is 0 Å². The van der Waals surface area contributed by atoms with Crippen LogP contribution in [0.25, 0.3) is 0 Å². The molecule has 156 valence electrons. The number of ketones is 1. The number of allylic oxidation sites excluding steroid dienone is 2. The van der Waals surface area contributed by atoms with Crippen molar-refractivity contribution in [2.24, 2.45) is 5.92 Å². The van der Waals surface area contributed by atoms with E-state index >= 15 is 0 Å². The van der Waals surface area contributed by atoms with Crippen LogP contribution >= 0.6 is 0 Å². The second kappa shape index (κ2) is 10.1. The summed E-state index contributed by atoms with van der Waals surface area (Å²) in [6.45, 7) is 0.354. The zero-order valence-corrected chi connectivity index (χ0v) is 17.4. The third-order valence-corrected chi connectivity index (χ3v) is 4.97. The molecule has 0 saturated heterocycles. The van der Waals surface area contributed by atoms with E-state index in [2.05, 4.69) is 0 Å². The highest BCUT2D eigenvalue weighted by Gasteiger charge is 2.38. The lowest BCUT2D eigenvalue weighted by atomic mass is 9.91. The van der Waals surface area contributed by atoms with E-state index in [9.17, 15) is 4.79 Å². The first-order valence-corrected chi connectivity index (χ1v) is 9.65. The Balaban J connectivity index is 1.80. The Morgan fingerprint density at radius 3 is 2.37 bits per heavy atom. The van der Waals surface area contributed by atoms with Gasteiger partial charge in [0.25, 0.3) is 0 Å². The van der Waals surface area contributed by atoms with Crippen molar-refractivity contribution in [3.8, 4) is 5.75 Å². The average molecular weight is 406 g/mol. The molecule has 0 aliphatic heterocycles. The molecule has 0 amide bonds. The van der Waals surface area contributed by atoms with Gasteiger partial charge >= 0.3 is 0 Å². The van der Waals surface area contributed by atoms with Gasteiger partial charge in [-0.3, -0.25) is 4.79 Å². The van der Waals surface area contributed by atoms with E-state index in [1.54, 1.807) is 63.8 Å². The Hall–Kier alpha value is -3.15. The highest BCUT2D eigenvalue weighted by molar-refractivity contribution is 6.04. The third kappa shape index (κ3) is 5.06. The van der Waals surface area contributed by atoms with E-state index < -0.39 is 5.79 Å². The molecule has 5 nitrogen and oxygen atoms in total. The van der Waals surface area contributed by atoms with Crippen molar-refractivity contribution in [2.75, 3.05) is 21.3 Å². The number of methoxy groups -OCH3 is 3. The quantitative estimate of drug-likeness (QED) is 0.343. The van der Waals surface area contributed by atoms with E-state index in [1.165, 1.54) is 0 Å². The maximum Gasteiger partial charge on any atom is 0.201 e. The molecule has 1 aliphatic carbocycles. The summed E-state index contributed by atoms with van der Waals surface area (Å²) in [6, 6.07) is 16.8. The van der Waals surface area contributed by atoms with Gasteiger partial charge in [-0.2, -0.15) is 0 Å². The SMILES string of the molecule is COC1=CC(OC)(OCc2ccccc2)C(C=CC(=O)c2ccc(OC)cc2)C=C1. The molecule has 0 N–H and O–H groups in total. The second-order valence-corrected chi connectivity index (χ2v) is 6.79. The lowest BCUT2D eigenvalue weighted by Gasteiger charge is -2.36. The van der Waals surface area contributed by atoms with Crippen LogP contribution in [-0.4, -0.2) is 32.9 Å². The standard InChI is InChI=1S/C25H26O5/c1-27-22-13-9-20(10-14-22)24(26)16-12-21-11-15-23(28-2)17-25(21,29-3)30-18-19-7-5-4-6-8-19/h4-17,21H,18H2,1-3H3. The first kappa shape index (κ1) is 21.6. The van der Waals surface area contributed by atoms with Crippen molar-refractivity contribution in [3.05, 3.63) is 102 Å². The molecule has 30 heavy (non-hydrogen) atoms. The van der Waals surface area contributed by atoms with Gasteiger partial charge in [-0.05, 0) is 42.0 Å². The average Bonchev–Trinajstić information content (AvgIpc) is 2.82. The van der Waals surface area contributed by atoms with Gasteiger partial charge < -0.3 is 18.9 Å². The molecule has 2 aromatic rings. The number of ether oxygens (including phenoxy) is 4. The second-order valence-electron chi connectivity index (χ2n) is 6.79. The minimum Gasteiger partial charge on any atom is -0.497 e. The maximum absolute atomic E-state index is 12.6. The molecule has 2 aromatic carbocycles. The predicted octanol–water partition coefficient (Wildman–Crippen LogP) is 4.71. The first-order chi connectivity index (χ1) is 14.6. The van der Waals surface area contributed by atoms with Crippen molar-refractivity contribution in [1.29, 1.82) is 0 Å². The summed E-state index contributed by atoms with van der Waals surface area (Å²) in [5.41, 5.74) is 1.60. The predicted molar refractivity (Wildman–Crippen MR) is 115 cm³/mol. The molecule has 3 rings (SSSR count). The Morgan fingerprint density at radius 1 is 1.00 bits per heavy atom. The molecule has 0 radical (unpaired) electrons. The zero-order chi connectivity index (χ0) is 21.4. The first-order valence-electron chi connectivity index (χ1n) is 9.65. The Labute approximate surface area is 177 Å². The van der Waals surface area contributed by atoms with Gasteiger partial charge in [0.2, 0.25) is 5.79 Å². The maximum atomic E-state index is 12.6. The Morgan fingerprint density at radius 2 is 1.73 bits per heavy atom. The van der Waals surface area contributed by atoms with Crippen LogP contribution in [0.1, 0.15) is 15.9 Å². The lowest BCUT2D eigenvalue weighted by molar-refractivity contribution is -0.212. The molecular formula is C25H26O5. The van der Waals surface area contributed by atoms with Crippen molar-refractivity contribution >= 4 is 5.78 Å². The summed E-state index contributed by atoms with van der Waals surface area (Å²) < 4.78 is 22.5. The summed E-state index contributed by atoms with van der Waals surface area (Å²) in [5, 5.41) is 0. The zero-order valence-electron chi connectivity index (χ0n) is 17.4. The highest BCUT2D eigenvalue weighted by atomic mass is 16.7. The van der Waals surface area contributed by atoms with E-state index in [-0.39, 0.29) is 11.7 Å². The van der Waals surface area contributed by atoms with Crippen molar-refractivity contribution in [2.45, 2.75) is 12.4 Å². The molecule has 5 heteroatoms. The fourth-order valence-corrected chi connectivity index (χ4v) is 3.21. The molecule has 2 unspecified atom stereocenters. The van der Waals surface area contributed by atoms with Crippen molar-refractivity contribution in [3.63, 3.8) is 0 Å². The monoisotopic (exact) mass is 406 g/mol. The number of hydrogen-bond donors (Lipinski definition) is 0. The van der Waals surface area contributed by atoms with Gasteiger partial charge in [-0.1, -0.05) is 42.5 Å². The lowest BCUT2D eigenvalue weighted by Crippen LogP contribution is -2.41. The number of hydrogen-bond acceptors (Lipinski definition) is 5. The van der Waals surface area contributed by atoms with Gasteiger partial charge in [0.05, 0.1) is 26.7 Å². The van der Waals surface area contributed by atoms with Crippen LogP contribution in [0.3, 0.4) is 0 Å². The molecular weight excluding hydrogens is 380 g/mol. The topological polar surface area (TPSA) is 54.0 Å². The van der Waals surface area contributed by atoms with Crippen LogP contribution < -0.4 is 4.74 Å². The minimum absolute atomic E-state index is 0.111. The van der Waals surface area contributed by atoms with Crippen LogP contribution in [0.5, 0.6) is 5.75 Å². The summed E-state index contributed by atoms with van der Waals surface area (Å²) in [7, 11) is 4.77. The van der Waals surface area contributed by atoms with Crippen molar-refractivity contribution < 1.29 is 23.7 Å². The highest BCUT2D eigenvalue weighted by Crippen LogP contribution is 2.34. The Kier molecular flexibility index (Phi) is 7.22. The van der Waals surface area contributed by atoms with Crippen LogP contribution in [0, 0.1) is 5.92 Å². The van der Waals surface area contributed by atoms with Crippen LogP contribution in [0.4, 0.5) is 0 Å². The molecule has 0 fully saturated rings. The van der Waals surface area contributed by atoms with Crippen molar-refractivity contribution in [1.82, 2.24) is 0 Å². The Bertz CT molecular complexity index is 928. The molecule has 0 aromatic heterocycles. The minimum atomic E-state index is -1.09. The molecule has 0 saturated carbocycles. The fourth-order valence-electron chi connectivity index (χ4n) is 3.21. The number of carbonyl (C=O) groups excluding carboxylic acids is 1. The summed E-state index contributed by atoms with van der Waals surface area (Å²) in [5.74, 6) is -0.174. The van der Waals surface area contributed by atoms with Gasteiger partial charge in [0, 0.05) is 18.7 Å². The number of carbonyl (C=O) groups is 1. The number of benzene rings is 2. The van der Waals surface area contributed by atoms with Gasteiger partial charge in [-0.15, -0.1) is 0 Å². The fraction of sp³-hybridized carbons (Fsp3) is 0.240. The molecule has 2 atom stereocenters. The molecule has 0 bridgehead atoms.